The lowest BCUT2D eigenvalue weighted by Crippen LogP contribution is -2.21. The van der Waals surface area contributed by atoms with Crippen LogP contribution in [0.4, 0.5) is 0 Å². The molecule has 1 fully saturated rings. The maximum atomic E-state index is 9.97. The minimum Gasteiger partial charge on any atom is -0.309 e. The van der Waals surface area contributed by atoms with Crippen LogP contribution in [0.2, 0.25) is 0 Å². The second kappa shape index (κ2) is 0.899. The fourth-order valence-corrected chi connectivity index (χ4v) is 0.424. The van der Waals surface area contributed by atoms with E-state index in [9.17, 15) is 4.79 Å². The van der Waals surface area contributed by atoms with Gasteiger partial charge in [-0.3, -0.25) is 4.79 Å². The summed E-state index contributed by atoms with van der Waals surface area (Å²) < 4.78 is 0. The molecule has 0 aromatic heterocycles. The molecule has 2 heteroatoms. The molecule has 0 spiro atoms. The van der Waals surface area contributed by atoms with Crippen LogP contribution >= 0.6 is 0 Å². The van der Waals surface area contributed by atoms with Crippen molar-refractivity contribution in [3.8, 4) is 0 Å². The molecule has 0 saturated heterocycles. The van der Waals surface area contributed by atoms with Crippen molar-refractivity contribution in [3.05, 3.63) is 0 Å². The minimum atomic E-state index is 0.208. The van der Waals surface area contributed by atoms with E-state index in [0.717, 1.165) is 0 Å². The van der Waals surface area contributed by atoms with E-state index in [2.05, 4.69) is 0 Å². The van der Waals surface area contributed by atoms with Gasteiger partial charge in [-0.25, -0.2) is 0 Å². The van der Waals surface area contributed by atoms with E-state index in [1.807, 2.05) is 0 Å². The van der Waals surface area contributed by atoms with Gasteiger partial charge in [0.1, 0.15) is 5.78 Å². The van der Waals surface area contributed by atoms with Crippen molar-refractivity contribution in [1.82, 2.24) is 0 Å². The molecule has 0 aliphatic heterocycles. The van der Waals surface area contributed by atoms with Gasteiger partial charge in [-0.05, 0) is 0 Å². The lowest BCUT2D eigenvalue weighted by Gasteiger charge is -2.08. The SMILES string of the molecule is N=C1CC(=O)C1. The van der Waals surface area contributed by atoms with Crippen molar-refractivity contribution >= 4 is 11.5 Å². The molecule has 1 rings (SSSR count). The minimum absolute atomic E-state index is 0.208. The standard InChI is InChI=1S/C4H5NO/c5-3-1-4(6)2-3/h5H,1-2H2. The van der Waals surface area contributed by atoms with E-state index in [1.54, 1.807) is 0 Å². The number of rotatable bonds is 0. The lowest BCUT2D eigenvalue weighted by molar-refractivity contribution is -0.118. The number of nitrogens with one attached hydrogen (secondary N) is 1. The predicted octanol–water partition coefficient (Wildman–Crippen LogP) is 0.369. The summed E-state index contributed by atoms with van der Waals surface area (Å²) in [6.07, 6.45) is 0.833. The van der Waals surface area contributed by atoms with Crippen molar-refractivity contribution in [3.63, 3.8) is 0 Å². The van der Waals surface area contributed by atoms with Crippen LogP contribution in [0, 0.1) is 5.41 Å². The summed E-state index contributed by atoms with van der Waals surface area (Å²) in [5.41, 5.74) is 0.583. The molecule has 0 aromatic rings. The summed E-state index contributed by atoms with van der Waals surface area (Å²) in [4.78, 5) is 9.97. The maximum Gasteiger partial charge on any atom is 0.144 e. The number of carbonyl (C=O) groups excluding carboxylic acids is 1. The average molecular weight is 83.1 g/mol. The predicted molar refractivity (Wildman–Crippen MR) is 22.0 cm³/mol. The highest BCUT2D eigenvalue weighted by molar-refractivity contribution is 6.19. The van der Waals surface area contributed by atoms with Gasteiger partial charge in [0.15, 0.2) is 0 Å². The molecule has 1 aliphatic rings. The van der Waals surface area contributed by atoms with Gasteiger partial charge in [-0.15, -0.1) is 0 Å². The van der Waals surface area contributed by atoms with E-state index in [0.29, 0.717) is 18.6 Å². The molecule has 0 radical (unpaired) electrons. The molecule has 0 bridgehead atoms. The summed E-state index contributed by atoms with van der Waals surface area (Å²) >= 11 is 0. The molecule has 1 saturated carbocycles. The largest absolute Gasteiger partial charge is 0.309 e. The number of hydrogen-bond donors (Lipinski definition) is 1. The van der Waals surface area contributed by atoms with Crippen LogP contribution in [-0.2, 0) is 4.79 Å². The smallest absolute Gasteiger partial charge is 0.144 e. The van der Waals surface area contributed by atoms with Gasteiger partial charge in [0.2, 0.25) is 0 Å². The van der Waals surface area contributed by atoms with Crippen molar-refractivity contribution in [1.29, 1.82) is 5.41 Å². The van der Waals surface area contributed by atoms with Crippen LogP contribution in [0.25, 0.3) is 0 Å². The molecular weight excluding hydrogens is 78.0 g/mol. The van der Waals surface area contributed by atoms with Gasteiger partial charge in [0.25, 0.3) is 0 Å². The first kappa shape index (κ1) is 3.53. The summed E-state index contributed by atoms with van der Waals surface area (Å²) in [7, 11) is 0. The first-order chi connectivity index (χ1) is 2.79. The van der Waals surface area contributed by atoms with Crippen molar-refractivity contribution in [2.45, 2.75) is 12.8 Å². The fraction of sp³-hybridized carbons (Fsp3) is 0.500. The topological polar surface area (TPSA) is 40.9 Å². The molecular formula is C4H5NO. The quantitative estimate of drug-likeness (QED) is 0.451. The van der Waals surface area contributed by atoms with Crippen LogP contribution in [0.3, 0.4) is 0 Å². The van der Waals surface area contributed by atoms with Crippen LogP contribution in [0.5, 0.6) is 0 Å². The zero-order valence-electron chi connectivity index (χ0n) is 3.32. The van der Waals surface area contributed by atoms with E-state index < -0.39 is 0 Å². The van der Waals surface area contributed by atoms with Gasteiger partial charge < -0.3 is 5.41 Å². The zero-order chi connectivity index (χ0) is 4.57. The molecule has 0 amide bonds. The van der Waals surface area contributed by atoms with Gasteiger partial charge in [0.05, 0.1) is 0 Å². The first-order valence-electron chi connectivity index (χ1n) is 1.87. The Balaban J connectivity index is 2.47. The van der Waals surface area contributed by atoms with Crippen molar-refractivity contribution < 1.29 is 4.79 Å². The van der Waals surface area contributed by atoms with Crippen LogP contribution in [0.15, 0.2) is 0 Å². The van der Waals surface area contributed by atoms with Crippen LogP contribution in [-0.4, -0.2) is 11.5 Å². The Morgan fingerprint density at radius 3 is 2.00 bits per heavy atom. The van der Waals surface area contributed by atoms with Crippen molar-refractivity contribution in [2.24, 2.45) is 0 Å². The molecule has 0 atom stereocenters. The number of Topliss-reactive ketones (excluding diaryl/α,β-unsaturated/α-hetero) is 1. The third-order valence-corrected chi connectivity index (χ3v) is 0.821. The summed E-state index contributed by atoms with van der Waals surface area (Å²) in [6.45, 7) is 0. The molecule has 6 heavy (non-hydrogen) atoms. The molecule has 2 nitrogen and oxygen atoms in total. The molecule has 1 aliphatic carbocycles. The van der Waals surface area contributed by atoms with E-state index >= 15 is 0 Å². The molecule has 0 aromatic carbocycles. The Hall–Kier alpha value is -0.660. The fourth-order valence-electron chi connectivity index (χ4n) is 0.424. The van der Waals surface area contributed by atoms with E-state index in [1.165, 1.54) is 0 Å². The highest BCUT2D eigenvalue weighted by atomic mass is 16.1. The van der Waals surface area contributed by atoms with Gasteiger partial charge >= 0.3 is 0 Å². The summed E-state index contributed by atoms with van der Waals surface area (Å²) in [5.74, 6) is 0.208. The van der Waals surface area contributed by atoms with E-state index in [-0.39, 0.29) is 5.78 Å². The Labute approximate surface area is 35.7 Å². The van der Waals surface area contributed by atoms with Gasteiger partial charge in [-0.1, -0.05) is 0 Å². The molecule has 0 unspecified atom stereocenters. The molecule has 1 N–H and O–H groups in total. The summed E-state index contributed by atoms with van der Waals surface area (Å²) in [5, 5.41) is 6.74. The van der Waals surface area contributed by atoms with E-state index in [4.69, 9.17) is 5.41 Å². The van der Waals surface area contributed by atoms with Gasteiger partial charge in [0, 0.05) is 18.6 Å². The van der Waals surface area contributed by atoms with Crippen molar-refractivity contribution in [2.75, 3.05) is 0 Å². The van der Waals surface area contributed by atoms with Gasteiger partial charge in [-0.2, -0.15) is 0 Å². The Bertz CT molecular complexity index is 84.1. The van der Waals surface area contributed by atoms with Crippen LogP contribution in [0.1, 0.15) is 12.8 Å². The average Bonchev–Trinajstić information content (AvgIpc) is 1.33. The monoisotopic (exact) mass is 83.0 g/mol. The first-order valence-corrected chi connectivity index (χ1v) is 1.87. The third kappa shape index (κ3) is 0.339. The Kier molecular flexibility index (Phi) is 0.528. The highest BCUT2D eigenvalue weighted by Crippen LogP contribution is 2.06. The third-order valence-electron chi connectivity index (χ3n) is 0.821. The Morgan fingerprint density at radius 1 is 1.50 bits per heavy atom. The summed E-state index contributed by atoms with van der Waals surface area (Å²) in [6, 6.07) is 0. The lowest BCUT2D eigenvalue weighted by atomic mass is 9.96. The second-order valence-corrected chi connectivity index (χ2v) is 1.50. The molecule has 32 valence electrons. The second-order valence-electron chi connectivity index (χ2n) is 1.50. The number of carbonyl (C=O) groups is 1. The number of hydrogen-bond acceptors (Lipinski definition) is 2. The number of ketones is 1. The maximum absolute atomic E-state index is 9.97. The van der Waals surface area contributed by atoms with Crippen LogP contribution < -0.4 is 0 Å². The normalized spacial score (nSPS) is 20.7. The Morgan fingerprint density at radius 2 is 2.00 bits per heavy atom. The zero-order valence-corrected chi connectivity index (χ0v) is 3.32. The molecule has 0 heterocycles. The highest BCUT2D eigenvalue weighted by Gasteiger charge is 2.17.